The fourth-order valence-corrected chi connectivity index (χ4v) is 2.45. The molecule has 0 fully saturated rings. The molecule has 3 N–H and O–H groups in total. The maximum absolute atomic E-state index is 5.65. The first kappa shape index (κ1) is 14.8. The molecule has 106 valence electrons. The summed E-state index contributed by atoms with van der Waals surface area (Å²) in [4.78, 5) is 0. The van der Waals surface area contributed by atoms with E-state index in [-0.39, 0.29) is 6.04 Å². The molecule has 2 aromatic rings. The van der Waals surface area contributed by atoms with Gasteiger partial charge in [-0.15, -0.1) is 0 Å². The van der Waals surface area contributed by atoms with E-state index in [1.165, 1.54) is 22.3 Å². The second-order valence-electron chi connectivity index (χ2n) is 5.49. The van der Waals surface area contributed by atoms with Crippen LogP contribution in [0.2, 0.25) is 0 Å². The van der Waals surface area contributed by atoms with E-state index in [2.05, 4.69) is 67.7 Å². The van der Waals surface area contributed by atoms with Crippen LogP contribution in [-0.4, -0.2) is 7.05 Å². The molecule has 0 aromatic heterocycles. The number of rotatable bonds is 5. The van der Waals surface area contributed by atoms with Gasteiger partial charge in [-0.05, 0) is 35.2 Å². The average Bonchev–Trinajstić information content (AvgIpc) is 2.49. The van der Waals surface area contributed by atoms with Crippen molar-refractivity contribution in [3.63, 3.8) is 0 Å². The van der Waals surface area contributed by atoms with Gasteiger partial charge in [-0.3, -0.25) is 0 Å². The van der Waals surface area contributed by atoms with Crippen LogP contribution in [0.3, 0.4) is 0 Å². The van der Waals surface area contributed by atoms with E-state index >= 15 is 0 Å². The quantitative estimate of drug-likeness (QED) is 0.870. The predicted octanol–water partition coefficient (Wildman–Crippen LogP) is 3.58. The van der Waals surface area contributed by atoms with Gasteiger partial charge >= 0.3 is 0 Å². The SMILES string of the molecule is CNC(c1ccc(CN)cc1)c1ccc(C(C)C)cc1. The van der Waals surface area contributed by atoms with Gasteiger partial charge in [0.2, 0.25) is 0 Å². The maximum Gasteiger partial charge on any atom is 0.0574 e. The minimum Gasteiger partial charge on any atom is -0.326 e. The molecule has 0 spiro atoms. The minimum absolute atomic E-state index is 0.225. The molecular weight excluding hydrogens is 244 g/mol. The highest BCUT2D eigenvalue weighted by atomic mass is 14.9. The van der Waals surface area contributed by atoms with Crippen molar-refractivity contribution in [2.24, 2.45) is 5.73 Å². The monoisotopic (exact) mass is 268 g/mol. The van der Waals surface area contributed by atoms with Gasteiger partial charge in [-0.25, -0.2) is 0 Å². The number of hydrogen-bond acceptors (Lipinski definition) is 2. The van der Waals surface area contributed by atoms with Crippen LogP contribution in [0.5, 0.6) is 0 Å². The summed E-state index contributed by atoms with van der Waals surface area (Å²) < 4.78 is 0. The third-order valence-electron chi connectivity index (χ3n) is 3.77. The molecule has 0 heterocycles. The second kappa shape index (κ2) is 6.69. The summed E-state index contributed by atoms with van der Waals surface area (Å²) in [5.74, 6) is 0.570. The largest absolute Gasteiger partial charge is 0.326 e. The molecule has 0 radical (unpaired) electrons. The molecule has 0 bridgehead atoms. The van der Waals surface area contributed by atoms with Gasteiger partial charge in [0.05, 0.1) is 6.04 Å². The number of hydrogen-bond donors (Lipinski definition) is 2. The van der Waals surface area contributed by atoms with E-state index in [4.69, 9.17) is 5.73 Å². The molecule has 1 unspecified atom stereocenters. The van der Waals surface area contributed by atoms with Gasteiger partial charge in [-0.1, -0.05) is 62.4 Å². The summed E-state index contributed by atoms with van der Waals surface area (Å²) in [6, 6.07) is 17.6. The Morgan fingerprint density at radius 3 is 1.70 bits per heavy atom. The van der Waals surface area contributed by atoms with Gasteiger partial charge in [0, 0.05) is 6.54 Å². The lowest BCUT2D eigenvalue weighted by atomic mass is 9.95. The summed E-state index contributed by atoms with van der Waals surface area (Å²) in [7, 11) is 2.00. The summed E-state index contributed by atoms with van der Waals surface area (Å²) in [6.45, 7) is 5.03. The Morgan fingerprint density at radius 2 is 1.30 bits per heavy atom. The fraction of sp³-hybridized carbons (Fsp3) is 0.333. The topological polar surface area (TPSA) is 38.0 Å². The smallest absolute Gasteiger partial charge is 0.0574 e. The average molecular weight is 268 g/mol. The van der Waals surface area contributed by atoms with Crippen molar-refractivity contribution in [3.8, 4) is 0 Å². The van der Waals surface area contributed by atoms with Crippen LogP contribution < -0.4 is 11.1 Å². The Kier molecular flexibility index (Phi) is 4.94. The summed E-state index contributed by atoms with van der Waals surface area (Å²) >= 11 is 0. The molecule has 0 amide bonds. The lowest BCUT2D eigenvalue weighted by Gasteiger charge is -2.18. The summed E-state index contributed by atoms with van der Waals surface area (Å²) in [5.41, 5.74) is 10.7. The van der Waals surface area contributed by atoms with Crippen molar-refractivity contribution < 1.29 is 0 Å². The molecule has 2 rings (SSSR count). The zero-order chi connectivity index (χ0) is 14.5. The van der Waals surface area contributed by atoms with E-state index < -0.39 is 0 Å². The van der Waals surface area contributed by atoms with E-state index in [9.17, 15) is 0 Å². The number of nitrogens with two attached hydrogens (primary N) is 1. The molecule has 0 saturated carbocycles. The molecule has 20 heavy (non-hydrogen) atoms. The fourth-order valence-electron chi connectivity index (χ4n) is 2.45. The molecule has 2 nitrogen and oxygen atoms in total. The van der Waals surface area contributed by atoms with Crippen molar-refractivity contribution in [1.82, 2.24) is 5.32 Å². The van der Waals surface area contributed by atoms with E-state index in [0.29, 0.717) is 12.5 Å². The van der Waals surface area contributed by atoms with Gasteiger partial charge in [0.1, 0.15) is 0 Å². The van der Waals surface area contributed by atoms with E-state index in [1.807, 2.05) is 7.05 Å². The van der Waals surface area contributed by atoms with Crippen molar-refractivity contribution >= 4 is 0 Å². The van der Waals surface area contributed by atoms with Crippen LogP contribution in [0.25, 0.3) is 0 Å². The van der Waals surface area contributed by atoms with Crippen molar-refractivity contribution in [1.29, 1.82) is 0 Å². The molecule has 0 aliphatic carbocycles. The van der Waals surface area contributed by atoms with E-state index in [0.717, 1.165) is 0 Å². The van der Waals surface area contributed by atoms with Crippen LogP contribution in [0.15, 0.2) is 48.5 Å². The lowest BCUT2D eigenvalue weighted by molar-refractivity contribution is 0.690. The van der Waals surface area contributed by atoms with Crippen molar-refractivity contribution in [2.45, 2.75) is 32.4 Å². The number of nitrogens with one attached hydrogen (secondary N) is 1. The Labute approximate surface area is 122 Å². The highest BCUT2D eigenvalue weighted by molar-refractivity contribution is 5.35. The molecule has 2 heteroatoms. The highest BCUT2D eigenvalue weighted by Crippen LogP contribution is 2.24. The predicted molar refractivity (Wildman–Crippen MR) is 85.8 cm³/mol. The van der Waals surface area contributed by atoms with Gasteiger partial charge in [0.25, 0.3) is 0 Å². The van der Waals surface area contributed by atoms with Crippen molar-refractivity contribution in [3.05, 3.63) is 70.8 Å². The lowest BCUT2D eigenvalue weighted by Crippen LogP contribution is -2.17. The van der Waals surface area contributed by atoms with Crippen LogP contribution in [0, 0.1) is 0 Å². The first-order valence-electron chi connectivity index (χ1n) is 7.21. The van der Waals surface area contributed by atoms with Gasteiger partial charge in [0.15, 0.2) is 0 Å². The molecule has 0 aliphatic rings. The highest BCUT2D eigenvalue weighted by Gasteiger charge is 2.12. The van der Waals surface area contributed by atoms with Crippen LogP contribution >= 0.6 is 0 Å². The van der Waals surface area contributed by atoms with E-state index in [1.54, 1.807) is 0 Å². The van der Waals surface area contributed by atoms with Gasteiger partial charge < -0.3 is 11.1 Å². The Balaban J connectivity index is 2.26. The molecule has 0 saturated heterocycles. The third-order valence-corrected chi connectivity index (χ3v) is 3.77. The first-order valence-corrected chi connectivity index (χ1v) is 7.21. The summed E-state index contributed by atoms with van der Waals surface area (Å²) in [6.07, 6.45) is 0. The molecular formula is C18H24N2. The molecule has 0 aliphatic heterocycles. The normalized spacial score (nSPS) is 12.7. The zero-order valence-electron chi connectivity index (χ0n) is 12.6. The minimum atomic E-state index is 0.225. The maximum atomic E-state index is 5.65. The zero-order valence-corrected chi connectivity index (χ0v) is 12.6. The Hall–Kier alpha value is -1.64. The standard InChI is InChI=1S/C18H24N2/c1-13(2)15-8-10-17(11-9-15)18(20-3)16-6-4-14(12-19)5-7-16/h4-11,13,18,20H,12,19H2,1-3H3. The Morgan fingerprint density at radius 1 is 0.850 bits per heavy atom. The van der Waals surface area contributed by atoms with Crippen LogP contribution in [0.4, 0.5) is 0 Å². The van der Waals surface area contributed by atoms with Gasteiger partial charge in [-0.2, -0.15) is 0 Å². The molecule has 2 aromatic carbocycles. The summed E-state index contributed by atoms with van der Waals surface area (Å²) in [5, 5.41) is 3.39. The first-order chi connectivity index (χ1) is 9.65. The Bertz CT molecular complexity index is 526. The van der Waals surface area contributed by atoms with Crippen molar-refractivity contribution in [2.75, 3.05) is 7.05 Å². The third kappa shape index (κ3) is 3.27. The van der Waals surface area contributed by atoms with Crippen LogP contribution in [-0.2, 0) is 6.54 Å². The second-order valence-corrected chi connectivity index (χ2v) is 5.49. The molecule has 1 atom stereocenters. The number of benzene rings is 2. The van der Waals surface area contributed by atoms with Crippen LogP contribution in [0.1, 0.15) is 48.1 Å².